The van der Waals surface area contributed by atoms with E-state index in [-0.39, 0.29) is 0 Å². The number of hydrogen-bond acceptors (Lipinski definition) is 2. The first-order valence-electron chi connectivity index (χ1n) is 7.98. The van der Waals surface area contributed by atoms with E-state index in [2.05, 4.69) is 30.3 Å². The lowest BCUT2D eigenvalue weighted by Crippen LogP contribution is -2.24. The molecule has 2 unspecified atom stereocenters. The molecule has 4 heteroatoms. The number of fused-ring (bicyclic) bond motifs is 1. The number of aromatic nitrogens is 3. The van der Waals surface area contributed by atoms with E-state index in [0.717, 1.165) is 35.2 Å². The van der Waals surface area contributed by atoms with Crippen molar-refractivity contribution < 1.29 is 0 Å². The summed E-state index contributed by atoms with van der Waals surface area (Å²) < 4.78 is 2.39. The predicted octanol–water partition coefficient (Wildman–Crippen LogP) is 4.52. The van der Waals surface area contributed by atoms with E-state index in [1.54, 1.807) is 0 Å². The lowest BCUT2D eigenvalue weighted by molar-refractivity contribution is 0.221. The lowest BCUT2D eigenvalue weighted by atomic mass is 9.80. The van der Waals surface area contributed by atoms with Gasteiger partial charge in [-0.25, -0.2) is 9.97 Å². The fourth-order valence-corrected chi connectivity index (χ4v) is 4.08. The Kier molecular flexibility index (Phi) is 4.21. The smallest absolute Gasteiger partial charge is 0.160 e. The second-order valence-corrected chi connectivity index (χ2v) is 7.09. The van der Waals surface area contributed by atoms with Crippen LogP contribution in [0.5, 0.6) is 0 Å². The number of imidazole rings is 1. The summed E-state index contributed by atoms with van der Waals surface area (Å²) in [6.45, 7) is 6.83. The Morgan fingerprint density at radius 3 is 2.62 bits per heavy atom. The minimum atomic E-state index is 0.515. The van der Waals surface area contributed by atoms with Crippen molar-refractivity contribution in [3.05, 3.63) is 23.7 Å². The molecular weight excluding hydrogens is 282 g/mol. The summed E-state index contributed by atoms with van der Waals surface area (Å²) >= 11 is 6.00. The Bertz CT molecular complexity index is 624. The number of aryl methyl sites for hydroxylation is 2. The maximum atomic E-state index is 6.00. The van der Waals surface area contributed by atoms with Crippen molar-refractivity contribution >= 4 is 22.8 Å². The van der Waals surface area contributed by atoms with Gasteiger partial charge in [0.2, 0.25) is 0 Å². The summed E-state index contributed by atoms with van der Waals surface area (Å²) in [5, 5.41) is 0. The monoisotopic (exact) mass is 305 g/mol. The van der Waals surface area contributed by atoms with E-state index >= 15 is 0 Å². The molecule has 0 aliphatic heterocycles. The normalized spacial score (nSPS) is 26.4. The highest BCUT2D eigenvalue weighted by molar-refractivity contribution is 6.17. The molecule has 2 aromatic rings. The quantitative estimate of drug-likeness (QED) is 0.781. The van der Waals surface area contributed by atoms with E-state index in [4.69, 9.17) is 16.6 Å². The van der Waals surface area contributed by atoms with Gasteiger partial charge in [0.15, 0.2) is 5.65 Å². The maximum absolute atomic E-state index is 6.00. The number of halogens is 1. The number of rotatable bonds is 3. The molecule has 3 nitrogen and oxygen atoms in total. The van der Waals surface area contributed by atoms with Crippen molar-refractivity contribution in [3.8, 4) is 0 Å². The first-order valence-corrected chi connectivity index (χ1v) is 8.52. The molecule has 2 heterocycles. The average molecular weight is 306 g/mol. The van der Waals surface area contributed by atoms with Gasteiger partial charge < -0.3 is 4.57 Å². The van der Waals surface area contributed by atoms with Gasteiger partial charge >= 0.3 is 0 Å². The third-order valence-electron chi connectivity index (χ3n) is 4.69. The highest BCUT2D eigenvalue weighted by Crippen LogP contribution is 2.38. The van der Waals surface area contributed by atoms with Crippen LogP contribution in [0.3, 0.4) is 0 Å². The maximum Gasteiger partial charge on any atom is 0.160 e. The Hall–Kier alpha value is -1.09. The van der Waals surface area contributed by atoms with Crippen LogP contribution in [0.1, 0.15) is 50.5 Å². The molecule has 1 saturated carbocycles. The van der Waals surface area contributed by atoms with E-state index in [1.165, 1.54) is 24.8 Å². The molecule has 0 N–H and O–H groups in total. The predicted molar refractivity (Wildman–Crippen MR) is 87.9 cm³/mol. The van der Waals surface area contributed by atoms with Crippen molar-refractivity contribution in [2.45, 2.75) is 52.5 Å². The minimum Gasteiger partial charge on any atom is -0.310 e. The summed E-state index contributed by atoms with van der Waals surface area (Å²) in [4.78, 5) is 9.47. The van der Waals surface area contributed by atoms with Gasteiger partial charge in [0.25, 0.3) is 0 Å². The van der Waals surface area contributed by atoms with Crippen molar-refractivity contribution in [3.63, 3.8) is 0 Å². The van der Waals surface area contributed by atoms with Crippen molar-refractivity contribution in [2.24, 2.45) is 11.8 Å². The molecule has 1 aliphatic rings. The van der Waals surface area contributed by atoms with E-state index in [9.17, 15) is 0 Å². The molecule has 0 bridgehead atoms. The third kappa shape index (κ3) is 2.80. The highest BCUT2D eigenvalue weighted by atomic mass is 35.5. The zero-order valence-corrected chi connectivity index (χ0v) is 13.9. The van der Waals surface area contributed by atoms with Gasteiger partial charge in [-0.1, -0.05) is 13.8 Å². The van der Waals surface area contributed by atoms with Crippen LogP contribution in [0.15, 0.2) is 12.3 Å². The van der Waals surface area contributed by atoms with Gasteiger partial charge in [0.1, 0.15) is 11.3 Å². The molecule has 3 rings (SSSR count). The van der Waals surface area contributed by atoms with Gasteiger partial charge in [-0.05, 0) is 49.7 Å². The molecule has 2 aromatic heterocycles. The van der Waals surface area contributed by atoms with Crippen LogP contribution in [0, 0.1) is 18.8 Å². The standard InChI is InChI=1S/C17H24ClN3/c1-11-8-12(2)10-14(9-11)21-15(4-6-18)20-16-13(3)5-7-19-17(16)21/h5,7,11-12,14H,4,6,8-10H2,1-3H3. The summed E-state index contributed by atoms with van der Waals surface area (Å²) in [5.74, 6) is 3.25. The van der Waals surface area contributed by atoms with Gasteiger partial charge in [-0.15, -0.1) is 11.6 Å². The van der Waals surface area contributed by atoms with Crippen LogP contribution in [0.4, 0.5) is 0 Å². The van der Waals surface area contributed by atoms with Crippen LogP contribution in [-0.2, 0) is 6.42 Å². The molecule has 1 fully saturated rings. The second-order valence-electron chi connectivity index (χ2n) is 6.71. The molecule has 0 spiro atoms. The zero-order valence-electron chi connectivity index (χ0n) is 13.1. The van der Waals surface area contributed by atoms with Crippen molar-refractivity contribution in [2.75, 3.05) is 5.88 Å². The summed E-state index contributed by atoms with van der Waals surface area (Å²) in [5.41, 5.74) is 3.29. The molecule has 0 radical (unpaired) electrons. The number of nitrogens with zero attached hydrogens (tertiary/aromatic N) is 3. The summed E-state index contributed by atoms with van der Waals surface area (Å²) in [6, 6.07) is 2.55. The molecule has 2 atom stereocenters. The SMILES string of the molecule is Cc1ccnc2c1nc(CCCl)n2C1CC(C)CC(C)C1. The first-order chi connectivity index (χ1) is 10.1. The Balaban J connectivity index is 2.10. The van der Waals surface area contributed by atoms with Crippen LogP contribution in [-0.4, -0.2) is 20.4 Å². The lowest BCUT2D eigenvalue weighted by Gasteiger charge is -2.33. The number of alkyl halides is 1. The van der Waals surface area contributed by atoms with E-state index in [0.29, 0.717) is 11.9 Å². The largest absolute Gasteiger partial charge is 0.310 e. The molecule has 21 heavy (non-hydrogen) atoms. The van der Waals surface area contributed by atoms with Crippen molar-refractivity contribution in [1.29, 1.82) is 0 Å². The zero-order chi connectivity index (χ0) is 15.0. The van der Waals surface area contributed by atoms with Gasteiger partial charge in [0, 0.05) is 24.5 Å². The van der Waals surface area contributed by atoms with Crippen LogP contribution < -0.4 is 0 Å². The number of hydrogen-bond donors (Lipinski definition) is 0. The minimum absolute atomic E-state index is 0.515. The Morgan fingerprint density at radius 1 is 1.24 bits per heavy atom. The first kappa shape index (κ1) is 14.8. The summed E-state index contributed by atoms with van der Waals surface area (Å²) in [6.07, 6.45) is 6.49. The molecule has 0 aromatic carbocycles. The van der Waals surface area contributed by atoms with Crippen LogP contribution >= 0.6 is 11.6 Å². The van der Waals surface area contributed by atoms with Gasteiger partial charge in [-0.3, -0.25) is 0 Å². The molecule has 1 aliphatic carbocycles. The van der Waals surface area contributed by atoms with Gasteiger partial charge in [0.05, 0.1) is 0 Å². The second kappa shape index (κ2) is 5.96. The highest BCUT2D eigenvalue weighted by Gasteiger charge is 2.28. The molecule has 0 saturated heterocycles. The summed E-state index contributed by atoms with van der Waals surface area (Å²) in [7, 11) is 0. The Morgan fingerprint density at radius 2 is 1.95 bits per heavy atom. The number of pyridine rings is 1. The van der Waals surface area contributed by atoms with Crippen molar-refractivity contribution in [1.82, 2.24) is 14.5 Å². The fourth-order valence-electron chi connectivity index (χ4n) is 3.92. The topological polar surface area (TPSA) is 30.7 Å². The molecule has 0 amide bonds. The van der Waals surface area contributed by atoms with E-state index < -0.39 is 0 Å². The van der Waals surface area contributed by atoms with Crippen LogP contribution in [0.2, 0.25) is 0 Å². The Labute approximate surface area is 131 Å². The van der Waals surface area contributed by atoms with Crippen LogP contribution in [0.25, 0.3) is 11.2 Å². The van der Waals surface area contributed by atoms with E-state index in [1.807, 2.05) is 12.3 Å². The fraction of sp³-hybridized carbons (Fsp3) is 0.647. The molecule has 114 valence electrons. The third-order valence-corrected chi connectivity index (χ3v) is 4.88. The molecular formula is C17H24ClN3. The van der Waals surface area contributed by atoms with Gasteiger partial charge in [-0.2, -0.15) is 0 Å². The average Bonchev–Trinajstić information content (AvgIpc) is 2.78.